The zero-order valence-electron chi connectivity index (χ0n) is 14.0. The zero-order chi connectivity index (χ0) is 17.4. The van der Waals surface area contributed by atoms with Crippen molar-refractivity contribution >= 4 is 23.3 Å². The predicted molar refractivity (Wildman–Crippen MR) is 100 cm³/mol. The number of nitrogens with one attached hydrogen (secondary N) is 1. The Hall–Kier alpha value is -2.26. The van der Waals surface area contributed by atoms with Crippen molar-refractivity contribution in [1.82, 2.24) is 0 Å². The number of allylic oxidation sites excluding steroid dienone is 2. The molecule has 0 fully saturated rings. The molecular formula is C21H20ClNO2. The number of anilines is 1. The van der Waals surface area contributed by atoms with Crippen LogP contribution in [0.15, 0.2) is 54.6 Å². The summed E-state index contributed by atoms with van der Waals surface area (Å²) in [5.74, 6) is 0.472. The lowest BCUT2D eigenvalue weighted by molar-refractivity contribution is 0.0527. The van der Waals surface area contributed by atoms with E-state index in [1.165, 1.54) is 11.1 Å². The molecule has 2 aromatic rings. The molecule has 4 rings (SSSR count). The van der Waals surface area contributed by atoms with Gasteiger partial charge in [0.05, 0.1) is 23.9 Å². The van der Waals surface area contributed by atoms with Gasteiger partial charge in [0, 0.05) is 10.9 Å². The highest BCUT2D eigenvalue weighted by Gasteiger charge is 2.39. The van der Waals surface area contributed by atoms with Crippen LogP contribution in [-0.2, 0) is 4.74 Å². The number of halogens is 1. The SMILES string of the molecule is CCOC(=O)c1cccc2c1N[C@H](c1ccc(Cl)cc1)C1CC=CC21. The molecule has 2 aliphatic rings. The largest absolute Gasteiger partial charge is 0.462 e. The van der Waals surface area contributed by atoms with Gasteiger partial charge in [0.1, 0.15) is 0 Å². The summed E-state index contributed by atoms with van der Waals surface area (Å²) in [6.45, 7) is 2.20. The van der Waals surface area contributed by atoms with Crippen LogP contribution in [0.5, 0.6) is 0 Å². The zero-order valence-corrected chi connectivity index (χ0v) is 14.8. The first-order valence-corrected chi connectivity index (χ1v) is 9.05. The lowest BCUT2D eigenvalue weighted by atomic mass is 9.76. The first kappa shape index (κ1) is 16.2. The van der Waals surface area contributed by atoms with Crippen LogP contribution in [-0.4, -0.2) is 12.6 Å². The maximum atomic E-state index is 12.4. The molecule has 1 aliphatic heterocycles. The van der Waals surface area contributed by atoms with E-state index < -0.39 is 0 Å². The van der Waals surface area contributed by atoms with Crippen LogP contribution in [0.1, 0.15) is 46.8 Å². The third-order valence-corrected chi connectivity index (χ3v) is 5.37. The normalized spacial score (nSPS) is 23.5. The van der Waals surface area contributed by atoms with Crippen molar-refractivity contribution in [3.05, 3.63) is 76.3 Å². The molecule has 3 atom stereocenters. The van der Waals surface area contributed by atoms with Gasteiger partial charge in [0.15, 0.2) is 0 Å². The second kappa shape index (κ2) is 6.57. The standard InChI is InChI=1S/C21H20ClNO2/c1-2-25-21(24)18-8-4-7-17-15-5-3-6-16(15)19(23-20(17)18)13-9-11-14(22)12-10-13/h3-5,7-12,15-16,19,23H,2,6H2,1H3/t15?,16?,19-/m1/s1. The van der Waals surface area contributed by atoms with Crippen LogP contribution < -0.4 is 5.32 Å². The van der Waals surface area contributed by atoms with Gasteiger partial charge in [-0.05, 0) is 48.6 Å². The molecule has 0 radical (unpaired) electrons. The Morgan fingerprint density at radius 3 is 2.80 bits per heavy atom. The van der Waals surface area contributed by atoms with Crippen LogP contribution in [0.4, 0.5) is 5.69 Å². The summed E-state index contributed by atoms with van der Waals surface area (Å²) in [5, 5.41) is 4.36. The van der Waals surface area contributed by atoms with E-state index in [9.17, 15) is 4.79 Å². The fourth-order valence-electron chi connectivity index (χ4n) is 4.00. The average Bonchev–Trinajstić information content (AvgIpc) is 3.11. The number of para-hydroxylation sites is 1. The topological polar surface area (TPSA) is 38.3 Å². The molecule has 0 amide bonds. The third-order valence-electron chi connectivity index (χ3n) is 5.12. The average molecular weight is 354 g/mol. The molecule has 1 aliphatic carbocycles. The highest BCUT2D eigenvalue weighted by Crippen LogP contribution is 2.50. The minimum Gasteiger partial charge on any atom is -0.462 e. The van der Waals surface area contributed by atoms with Crippen molar-refractivity contribution in [2.75, 3.05) is 11.9 Å². The summed E-state index contributed by atoms with van der Waals surface area (Å²) >= 11 is 6.05. The van der Waals surface area contributed by atoms with Crippen molar-refractivity contribution in [2.45, 2.75) is 25.3 Å². The smallest absolute Gasteiger partial charge is 0.340 e. The number of carbonyl (C=O) groups is 1. The molecule has 1 N–H and O–H groups in total. The van der Waals surface area contributed by atoms with Gasteiger partial charge in [-0.2, -0.15) is 0 Å². The number of rotatable bonds is 3. The third kappa shape index (κ3) is 2.83. The van der Waals surface area contributed by atoms with Crippen LogP contribution >= 0.6 is 11.6 Å². The van der Waals surface area contributed by atoms with E-state index in [0.29, 0.717) is 24.0 Å². The Bertz CT molecular complexity index is 828. The number of fused-ring (bicyclic) bond motifs is 3. The summed E-state index contributed by atoms with van der Waals surface area (Å²) < 4.78 is 5.25. The monoisotopic (exact) mass is 353 g/mol. The molecule has 2 unspecified atom stereocenters. The number of hydrogen-bond acceptors (Lipinski definition) is 3. The summed E-state index contributed by atoms with van der Waals surface area (Å²) in [4.78, 5) is 12.4. The molecule has 0 aromatic heterocycles. The Balaban J connectivity index is 1.79. The highest BCUT2D eigenvalue weighted by molar-refractivity contribution is 6.30. The molecule has 0 saturated heterocycles. The van der Waals surface area contributed by atoms with E-state index >= 15 is 0 Å². The van der Waals surface area contributed by atoms with Crippen molar-refractivity contribution in [3.63, 3.8) is 0 Å². The Labute approximate surface area is 152 Å². The van der Waals surface area contributed by atoms with Crippen LogP contribution in [0.3, 0.4) is 0 Å². The van der Waals surface area contributed by atoms with Gasteiger partial charge in [0.25, 0.3) is 0 Å². The van der Waals surface area contributed by atoms with E-state index in [0.717, 1.165) is 17.1 Å². The molecule has 4 heteroatoms. The van der Waals surface area contributed by atoms with Gasteiger partial charge >= 0.3 is 5.97 Å². The summed E-state index contributed by atoms with van der Waals surface area (Å²) in [6.07, 6.45) is 5.53. The van der Waals surface area contributed by atoms with E-state index in [2.05, 4.69) is 35.7 Å². The summed E-state index contributed by atoms with van der Waals surface area (Å²) in [6, 6.07) is 14.0. The van der Waals surface area contributed by atoms with Crippen molar-refractivity contribution < 1.29 is 9.53 Å². The Morgan fingerprint density at radius 1 is 1.24 bits per heavy atom. The highest BCUT2D eigenvalue weighted by atomic mass is 35.5. The van der Waals surface area contributed by atoms with Crippen molar-refractivity contribution in [2.24, 2.45) is 5.92 Å². The molecule has 25 heavy (non-hydrogen) atoms. The van der Waals surface area contributed by atoms with Crippen LogP contribution in [0.2, 0.25) is 5.02 Å². The van der Waals surface area contributed by atoms with Crippen molar-refractivity contribution in [1.29, 1.82) is 0 Å². The molecule has 128 valence electrons. The minimum absolute atomic E-state index is 0.139. The first-order valence-electron chi connectivity index (χ1n) is 8.67. The lowest BCUT2D eigenvalue weighted by Crippen LogP contribution is -2.30. The lowest BCUT2D eigenvalue weighted by Gasteiger charge is -2.38. The summed E-state index contributed by atoms with van der Waals surface area (Å²) in [7, 11) is 0. The van der Waals surface area contributed by atoms with Gasteiger partial charge in [-0.1, -0.05) is 48.0 Å². The Kier molecular flexibility index (Phi) is 4.26. The van der Waals surface area contributed by atoms with Gasteiger partial charge < -0.3 is 10.1 Å². The predicted octanol–water partition coefficient (Wildman–Crippen LogP) is 5.34. The van der Waals surface area contributed by atoms with Crippen molar-refractivity contribution in [3.8, 4) is 0 Å². The maximum absolute atomic E-state index is 12.4. The minimum atomic E-state index is -0.276. The number of ether oxygens (including phenoxy) is 1. The van der Waals surface area contributed by atoms with E-state index in [1.54, 1.807) is 0 Å². The van der Waals surface area contributed by atoms with Crippen LogP contribution in [0, 0.1) is 5.92 Å². The number of esters is 1. The van der Waals surface area contributed by atoms with E-state index in [1.807, 2.05) is 31.2 Å². The van der Waals surface area contributed by atoms with E-state index in [-0.39, 0.29) is 12.0 Å². The molecule has 2 aromatic carbocycles. The molecule has 0 saturated carbocycles. The molecule has 0 spiro atoms. The number of benzene rings is 2. The molecule has 3 nitrogen and oxygen atoms in total. The van der Waals surface area contributed by atoms with Gasteiger partial charge in [-0.15, -0.1) is 0 Å². The fraction of sp³-hybridized carbons (Fsp3) is 0.286. The van der Waals surface area contributed by atoms with Crippen LogP contribution in [0.25, 0.3) is 0 Å². The second-order valence-corrected chi connectivity index (χ2v) is 6.95. The summed E-state index contributed by atoms with van der Waals surface area (Å²) in [5.41, 5.74) is 3.87. The van der Waals surface area contributed by atoms with Gasteiger partial charge in [-0.25, -0.2) is 4.79 Å². The second-order valence-electron chi connectivity index (χ2n) is 6.52. The molecule has 0 bridgehead atoms. The Morgan fingerprint density at radius 2 is 2.04 bits per heavy atom. The van der Waals surface area contributed by atoms with Gasteiger partial charge in [-0.3, -0.25) is 0 Å². The van der Waals surface area contributed by atoms with Gasteiger partial charge in [0.2, 0.25) is 0 Å². The number of hydrogen-bond donors (Lipinski definition) is 1. The van der Waals surface area contributed by atoms with E-state index in [4.69, 9.17) is 16.3 Å². The molecule has 1 heterocycles. The molecular weight excluding hydrogens is 334 g/mol. The maximum Gasteiger partial charge on any atom is 0.340 e. The first-order chi connectivity index (χ1) is 12.2. The fourth-order valence-corrected chi connectivity index (χ4v) is 4.13. The quantitative estimate of drug-likeness (QED) is 0.597. The number of carbonyl (C=O) groups excluding carboxylic acids is 1.